The lowest BCUT2D eigenvalue weighted by Crippen LogP contribution is -2.03. The molecule has 3 nitrogen and oxygen atoms in total. The van der Waals surface area contributed by atoms with Gasteiger partial charge in [-0.25, -0.2) is 4.79 Å². The van der Waals surface area contributed by atoms with E-state index in [4.69, 9.17) is 11.6 Å². The highest BCUT2D eigenvalue weighted by Gasteiger charge is 2.17. The minimum atomic E-state index is -0.594. The van der Waals surface area contributed by atoms with Crippen LogP contribution in [0.25, 0.3) is 0 Å². The van der Waals surface area contributed by atoms with Gasteiger partial charge in [-0.1, -0.05) is 11.6 Å². The number of hydrogen-bond donors (Lipinski definition) is 1. The smallest absolute Gasteiger partial charge is 0.341 e. The zero-order valence-corrected chi connectivity index (χ0v) is 10.5. The molecule has 0 radical (unpaired) electrons. The molecule has 76 valence electrons. The lowest BCUT2D eigenvalue weighted by molar-refractivity contribution is 0.0597. The van der Waals surface area contributed by atoms with E-state index in [9.17, 15) is 9.90 Å². The Morgan fingerprint density at radius 2 is 2.21 bits per heavy atom. The van der Waals surface area contributed by atoms with Crippen molar-refractivity contribution in [1.82, 2.24) is 0 Å². The summed E-state index contributed by atoms with van der Waals surface area (Å²) >= 11 is 7.87. The number of phenols is 1. The Labute approximate surface area is 100 Å². The molecule has 0 saturated carbocycles. The Balaban J connectivity index is 3.40. The van der Waals surface area contributed by atoms with E-state index in [1.165, 1.54) is 13.2 Å². The summed E-state index contributed by atoms with van der Waals surface area (Å²) in [7, 11) is 1.25. The minimum Gasteiger partial charge on any atom is -0.507 e. The fourth-order valence-electron chi connectivity index (χ4n) is 1.01. The molecule has 14 heavy (non-hydrogen) atoms. The van der Waals surface area contributed by atoms with Gasteiger partial charge >= 0.3 is 5.97 Å². The molecule has 0 spiro atoms. The van der Waals surface area contributed by atoms with Gasteiger partial charge in [0, 0.05) is 9.13 Å². The van der Waals surface area contributed by atoms with E-state index >= 15 is 0 Å². The van der Waals surface area contributed by atoms with Crippen molar-refractivity contribution in [3.63, 3.8) is 0 Å². The highest BCUT2D eigenvalue weighted by Crippen LogP contribution is 2.32. The third kappa shape index (κ3) is 1.95. The van der Waals surface area contributed by atoms with Gasteiger partial charge in [0.05, 0.1) is 12.1 Å². The molecule has 0 amide bonds. The van der Waals surface area contributed by atoms with Crippen LogP contribution in [-0.4, -0.2) is 18.2 Å². The maximum atomic E-state index is 11.2. The van der Waals surface area contributed by atoms with Crippen molar-refractivity contribution in [1.29, 1.82) is 0 Å². The average molecular weight is 327 g/mol. The van der Waals surface area contributed by atoms with Gasteiger partial charge in [-0.3, -0.25) is 0 Å². The van der Waals surface area contributed by atoms with Gasteiger partial charge in [0.25, 0.3) is 0 Å². The topological polar surface area (TPSA) is 46.5 Å². The number of methoxy groups -OCH3 is 1. The van der Waals surface area contributed by atoms with Crippen molar-refractivity contribution in [2.24, 2.45) is 0 Å². The zero-order chi connectivity index (χ0) is 10.9. The second-order valence-corrected chi connectivity index (χ2v) is 4.17. The van der Waals surface area contributed by atoms with E-state index in [0.29, 0.717) is 10.6 Å². The molecule has 0 atom stereocenters. The van der Waals surface area contributed by atoms with E-state index in [-0.39, 0.29) is 11.3 Å². The molecule has 0 bridgehead atoms. The van der Waals surface area contributed by atoms with Crippen molar-refractivity contribution in [3.05, 3.63) is 25.8 Å². The Morgan fingerprint density at radius 1 is 1.64 bits per heavy atom. The maximum Gasteiger partial charge on any atom is 0.341 e. The van der Waals surface area contributed by atoms with Crippen molar-refractivity contribution < 1.29 is 14.6 Å². The van der Waals surface area contributed by atoms with Crippen LogP contribution in [0, 0.1) is 10.5 Å². The Hall–Kier alpha value is -0.490. The molecular formula is C9H8ClIO3. The van der Waals surface area contributed by atoms with E-state index in [1.807, 2.05) is 22.6 Å². The maximum absolute atomic E-state index is 11.2. The summed E-state index contributed by atoms with van der Waals surface area (Å²) < 4.78 is 5.24. The first-order chi connectivity index (χ1) is 6.49. The van der Waals surface area contributed by atoms with Crippen molar-refractivity contribution in [2.75, 3.05) is 7.11 Å². The Morgan fingerprint density at radius 3 is 2.71 bits per heavy atom. The third-order valence-corrected chi connectivity index (χ3v) is 3.83. The molecule has 1 N–H and O–H groups in total. The molecule has 0 saturated heterocycles. The standard InChI is InChI=1S/C9H8ClIO3/c1-4-7(11)6(10)3-5(8(4)12)9(13)14-2/h3,12H,1-2H3. The number of benzene rings is 1. The predicted octanol–water partition coefficient (Wildman–Crippen LogP) is 2.75. The number of esters is 1. The largest absolute Gasteiger partial charge is 0.507 e. The lowest BCUT2D eigenvalue weighted by Gasteiger charge is -2.08. The molecule has 1 aromatic carbocycles. The number of rotatable bonds is 1. The normalized spacial score (nSPS) is 10.0. The Kier molecular flexibility index (Phi) is 3.60. The molecule has 0 heterocycles. The first kappa shape index (κ1) is 11.6. The SMILES string of the molecule is COC(=O)c1cc(Cl)c(I)c(C)c1O. The van der Waals surface area contributed by atoms with Crippen LogP contribution < -0.4 is 0 Å². The molecule has 1 aromatic rings. The first-order valence-corrected chi connectivity index (χ1v) is 5.20. The van der Waals surface area contributed by atoms with Gasteiger partial charge in [-0.15, -0.1) is 0 Å². The van der Waals surface area contributed by atoms with Crippen LogP contribution in [0.4, 0.5) is 0 Å². The monoisotopic (exact) mass is 326 g/mol. The molecule has 0 aliphatic carbocycles. The number of carbonyl (C=O) groups is 1. The first-order valence-electron chi connectivity index (χ1n) is 3.75. The van der Waals surface area contributed by atoms with Gasteiger partial charge in [0.15, 0.2) is 0 Å². The average Bonchev–Trinajstić information content (AvgIpc) is 2.19. The van der Waals surface area contributed by atoms with Crippen LogP contribution in [0.5, 0.6) is 5.75 Å². The number of carbonyl (C=O) groups excluding carboxylic acids is 1. The lowest BCUT2D eigenvalue weighted by atomic mass is 10.1. The molecule has 0 unspecified atom stereocenters. The number of aromatic hydroxyl groups is 1. The van der Waals surface area contributed by atoms with E-state index < -0.39 is 5.97 Å². The van der Waals surface area contributed by atoms with Crippen LogP contribution in [0.3, 0.4) is 0 Å². The van der Waals surface area contributed by atoms with Gasteiger partial charge in [0.1, 0.15) is 11.3 Å². The van der Waals surface area contributed by atoms with E-state index in [0.717, 1.165) is 3.57 Å². The second-order valence-electron chi connectivity index (χ2n) is 2.69. The summed E-state index contributed by atoms with van der Waals surface area (Å²) in [6.07, 6.45) is 0. The van der Waals surface area contributed by atoms with Crippen molar-refractivity contribution >= 4 is 40.2 Å². The van der Waals surface area contributed by atoms with Crippen LogP contribution in [0.2, 0.25) is 5.02 Å². The summed E-state index contributed by atoms with van der Waals surface area (Å²) in [5.41, 5.74) is 0.675. The third-order valence-electron chi connectivity index (χ3n) is 1.83. The van der Waals surface area contributed by atoms with E-state index in [2.05, 4.69) is 4.74 Å². The van der Waals surface area contributed by atoms with E-state index in [1.54, 1.807) is 6.92 Å². The fourth-order valence-corrected chi connectivity index (χ4v) is 1.67. The number of hydrogen-bond acceptors (Lipinski definition) is 3. The van der Waals surface area contributed by atoms with Crippen LogP contribution in [0.1, 0.15) is 15.9 Å². The number of halogens is 2. The fraction of sp³-hybridized carbons (Fsp3) is 0.222. The molecule has 0 fully saturated rings. The van der Waals surface area contributed by atoms with Crippen LogP contribution >= 0.6 is 34.2 Å². The zero-order valence-electron chi connectivity index (χ0n) is 7.60. The van der Waals surface area contributed by atoms with Crippen LogP contribution in [0.15, 0.2) is 6.07 Å². The predicted molar refractivity (Wildman–Crippen MR) is 61.9 cm³/mol. The molecular weight excluding hydrogens is 318 g/mol. The highest BCUT2D eigenvalue weighted by molar-refractivity contribution is 14.1. The van der Waals surface area contributed by atoms with Crippen LogP contribution in [-0.2, 0) is 4.74 Å². The summed E-state index contributed by atoms with van der Waals surface area (Å²) in [6, 6.07) is 1.40. The molecule has 5 heteroatoms. The summed E-state index contributed by atoms with van der Waals surface area (Å²) in [4.78, 5) is 11.2. The van der Waals surface area contributed by atoms with Crippen molar-refractivity contribution in [2.45, 2.75) is 6.92 Å². The van der Waals surface area contributed by atoms with Gasteiger partial charge in [-0.2, -0.15) is 0 Å². The summed E-state index contributed by atoms with van der Waals surface area (Å²) in [6.45, 7) is 1.69. The molecule has 0 aromatic heterocycles. The number of ether oxygens (including phenoxy) is 1. The molecule has 0 aliphatic heterocycles. The quantitative estimate of drug-likeness (QED) is 0.637. The Bertz CT molecular complexity index is 390. The van der Waals surface area contributed by atoms with Gasteiger partial charge < -0.3 is 9.84 Å². The van der Waals surface area contributed by atoms with Crippen molar-refractivity contribution in [3.8, 4) is 5.75 Å². The summed E-state index contributed by atoms with van der Waals surface area (Å²) in [5, 5.41) is 10.1. The second kappa shape index (κ2) is 4.35. The minimum absolute atomic E-state index is 0.0781. The summed E-state index contributed by atoms with van der Waals surface area (Å²) in [5.74, 6) is -0.672. The van der Waals surface area contributed by atoms with Gasteiger partial charge in [0.2, 0.25) is 0 Å². The van der Waals surface area contributed by atoms with Gasteiger partial charge in [-0.05, 0) is 35.6 Å². The number of phenolic OH excluding ortho intramolecular Hbond substituents is 1. The molecule has 0 aliphatic rings. The highest BCUT2D eigenvalue weighted by atomic mass is 127. The molecule has 1 rings (SSSR count).